The summed E-state index contributed by atoms with van der Waals surface area (Å²) in [6.45, 7) is 10.4. The van der Waals surface area contributed by atoms with Crippen molar-refractivity contribution >= 4 is 12.2 Å². The number of nitrogens with one attached hydrogen (secondary N) is 1. The van der Waals surface area contributed by atoms with Gasteiger partial charge in [0.15, 0.2) is 12.5 Å². The van der Waals surface area contributed by atoms with Crippen LogP contribution < -0.4 is 9.64 Å². The van der Waals surface area contributed by atoms with E-state index >= 15 is 0 Å². The molecule has 0 bridgehead atoms. The Morgan fingerprint density at radius 3 is 2.54 bits per heavy atom. The van der Waals surface area contributed by atoms with Crippen molar-refractivity contribution in [2.75, 3.05) is 13.1 Å². The van der Waals surface area contributed by atoms with E-state index in [1.165, 1.54) is 10.5 Å². The molecule has 6 nitrogen and oxygen atoms in total. The van der Waals surface area contributed by atoms with Crippen molar-refractivity contribution < 1.29 is 14.7 Å². The Balaban J connectivity index is 1.73. The van der Waals surface area contributed by atoms with Gasteiger partial charge in [0.2, 0.25) is 4.77 Å². The first kappa shape index (κ1) is 21.0. The van der Waals surface area contributed by atoms with Gasteiger partial charge >= 0.3 is 0 Å². The Morgan fingerprint density at radius 2 is 1.93 bits per heavy atom. The summed E-state index contributed by atoms with van der Waals surface area (Å²) in [4.78, 5) is 1.42. The summed E-state index contributed by atoms with van der Waals surface area (Å²) in [6, 6.07) is 8.23. The minimum Gasteiger partial charge on any atom is -0.486 e. The van der Waals surface area contributed by atoms with Crippen LogP contribution >= 0.6 is 12.2 Å². The second kappa shape index (κ2) is 9.67. The lowest BCUT2D eigenvalue weighted by molar-refractivity contribution is -0.929. The zero-order valence-corrected chi connectivity index (χ0v) is 18.0. The third-order valence-electron chi connectivity index (χ3n) is 5.28. The van der Waals surface area contributed by atoms with Crippen molar-refractivity contribution in [2.45, 2.75) is 66.0 Å². The zero-order chi connectivity index (χ0) is 20.1. The third-order valence-corrected chi connectivity index (χ3v) is 5.71. The lowest BCUT2D eigenvalue weighted by Crippen LogP contribution is -3.12. The summed E-state index contributed by atoms with van der Waals surface area (Å²) in [5, 5.41) is 14.5. The van der Waals surface area contributed by atoms with Gasteiger partial charge in [-0.25, -0.2) is 0 Å². The normalized spacial score (nSPS) is 19.9. The first-order chi connectivity index (χ1) is 13.5. The SMILES string of the molecule is CCc1ccc(OCc2nn(C[NH+]3CCC(O)CC3)c(=S)n2CC(C)C)cc1. The van der Waals surface area contributed by atoms with Gasteiger partial charge in [-0.3, -0.25) is 0 Å². The molecule has 2 heterocycles. The molecule has 1 aliphatic rings. The molecule has 0 atom stereocenters. The van der Waals surface area contributed by atoms with E-state index in [0.717, 1.165) is 61.9 Å². The maximum Gasteiger partial charge on any atom is 0.202 e. The number of piperidine rings is 1. The summed E-state index contributed by atoms with van der Waals surface area (Å²) in [5.41, 5.74) is 1.30. The number of aromatic nitrogens is 3. The van der Waals surface area contributed by atoms with Gasteiger partial charge in [-0.15, -0.1) is 5.10 Å². The van der Waals surface area contributed by atoms with Crippen LogP contribution in [-0.4, -0.2) is 38.6 Å². The average Bonchev–Trinajstić information content (AvgIpc) is 2.97. The largest absolute Gasteiger partial charge is 0.486 e. The average molecular weight is 406 g/mol. The molecule has 154 valence electrons. The van der Waals surface area contributed by atoms with Crippen LogP contribution in [-0.2, 0) is 26.2 Å². The molecule has 0 amide bonds. The van der Waals surface area contributed by atoms with E-state index in [9.17, 15) is 5.11 Å². The highest BCUT2D eigenvalue weighted by molar-refractivity contribution is 7.71. The molecule has 2 aromatic rings. The standard InChI is InChI=1S/C21H32N4O2S/c1-4-17-5-7-19(8-6-17)27-14-20-22-25(21(28)24(20)13-16(2)3)15-23-11-9-18(26)10-12-23/h5-8,16,18,26H,4,9-15H2,1-3H3/p+1. The minimum atomic E-state index is -0.154. The van der Waals surface area contributed by atoms with E-state index in [1.54, 1.807) is 0 Å². The first-order valence-corrected chi connectivity index (χ1v) is 10.8. The quantitative estimate of drug-likeness (QED) is 0.661. The maximum atomic E-state index is 9.73. The summed E-state index contributed by atoms with van der Waals surface area (Å²) < 4.78 is 10.8. The Kier molecular flexibility index (Phi) is 7.26. The molecule has 1 aromatic carbocycles. The van der Waals surface area contributed by atoms with Crippen LogP contribution in [0.5, 0.6) is 5.75 Å². The zero-order valence-electron chi connectivity index (χ0n) is 17.2. The number of aliphatic hydroxyl groups excluding tert-OH is 1. The number of ether oxygens (including phenoxy) is 1. The van der Waals surface area contributed by atoms with Gasteiger partial charge in [0.1, 0.15) is 12.4 Å². The lowest BCUT2D eigenvalue weighted by Gasteiger charge is -2.26. The smallest absolute Gasteiger partial charge is 0.202 e. The molecule has 7 heteroatoms. The fourth-order valence-electron chi connectivity index (χ4n) is 3.59. The topological polar surface area (TPSA) is 56.6 Å². The Hall–Kier alpha value is -1.70. The Morgan fingerprint density at radius 1 is 1.25 bits per heavy atom. The van der Waals surface area contributed by atoms with Gasteiger partial charge in [-0.1, -0.05) is 32.9 Å². The van der Waals surface area contributed by atoms with Crippen LogP contribution in [0, 0.1) is 10.7 Å². The van der Waals surface area contributed by atoms with E-state index in [-0.39, 0.29) is 6.10 Å². The minimum absolute atomic E-state index is 0.154. The Labute approximate surface area is 172 Å². The molecule has 1 aliphatic heterocycles. The van der Waals surface area contributed by atoms with Crippen molar-refractivity contribution in [1.82, 2.24) is 14.3 Å². The van der Waals surface area contributed by atoms with Gasteiger partial charge in [0.05, 0.1) is 19.2 Å². The van der Waals surface area contributed by atoms with Crippen molar-refractivity contribution in [3.8, 4) is 5.75 Å². The fraction of sp³-hybridized carbons (Fsp3) is 0.619. The number of hydrogen-bond acceptors (Lipinski definition) is 4. The van der Waals surface area contributed by atoms with E-state index < -0.39 is 0 Å². The van der Waals surface area contributed by atoms with Crippen LogP contribution in [0.4, 0.5) is 0 Å². The van der Waals surface area contributed by atoms with Crippen LogP contribution in [0.15, 0.2) is 24.3 Å². The second-order valence-electron chi connectivity index (χ2n) is 8.13. The number of nitrogens with zero attached hydrogens (tertiary/aromatic N) is 3. The highest BCUT2D eigenvalue weighted by Gasteiger charge is 2.22. The van der Waals surface area contributed by atoms with Crippen molar-refractivity contribution in [1.29, 1.82) is 0 Å². The number of quaternary nitrogens is 1. The predicted molar refractivity (Wildman–Crippen MR) is 112 cm³/mol. The maximum absolute atomic E-state index is 9.73. The molecule has 3 rings (SSSR count). The Bertz CT molecular complexity index is 805. The van der Waals surface area contributed by atoms with Gasteiger partial charge < -0.3 is 19.3 Å². The van der Waals surface area contributed by atoms with Gasteiger partial charge in [0.25, 0.3) is 0 Å². The number of benzene rings is 1. The number of likely N-dealkylation sites (tertiary alicyclic amines) is 1. The summed E-state index contributed by atoms with van der Waals surface area (Å²) in [6.07, 6.45) is 2.56. The molecule has 0 unspecified atom stereocenters. The summed E-state index contributed by atoms with van der Waals surface area (Å²) >= 11 is 5.73. The fourth-order valence-corrected chi connectivity index (χ4v) is 3.88. The summed E-state index contributed by atoms with van der Waals surface area (Å²) in [5.74, 6) is 2.20. The highest BCUT2D eigenvalue weighted by atomic mass is 32.1. The number of aliphatic hydroxyl groups is 1. The van der Waals surface area contributed by atoms with E-state index in [1.807, 2.05) is 16.8 Å². The van der Waals surface area contributed by atoms with E-state index in [0.29, 0.717) is 12.5 Å². The number of aryl methyl sites for hydroxylation is 1. The lowest BCUT2D eigenvalue weighted by atomic mass is 10.1. The molecular weight excluding hydrogens is 372 g/mol. The van der Waals surface area contributed by atoms with E-state index in [2.05, 4.69) is 37.5 Å². The number of rotatable bonds is 8. The molecule has 0 aliphatic carbocycles. The third kappa shape index (κ3) is 5.43. The molecule has 1 aromatic heterocycles. The second-order valence-corrected chi connectivity index (χ2v) is 8.49. The van der Waals surface area contributed by atoms with E-state index in [4.69, 9.17) is 22.1 Å². The monoisotopic (exact) mass is 405 g/mol. The molecular formula is C21H33N4O2S+. The summed E-state index contributed by atoms with van der Waals surface area (Å²) in [7, 11) is 0. The van der Waals surface area contributed by atoms with Gasteiger partial charge in [-0.05, 0) is 42.3 Å². The van der Waals surface area contributed by atoms with Crippen LogP contribution in [0.3, 0.4) is 0 Å². The molecule has 0 radical (unpaired) electrons. The van der Waals surface area contributed by atoms with Crippen LogP contribution in [0.2, 0.25) is 0 Å². The molecule has 1 fully saturated rings. The van der Waals surface area contributed by atoms with Crippen LogP contribution in [0.1, 0.15) is 45.0 Å². The first-order valence-electron chi connectivity index (χ1n) is 10.4. The molecule has 28 heavy (non-hydrogen) atoms. The van der Waals surface area contributed by atoms with Crippen molar-refractivity contribution in [3.63, 3.8) is 0 Å². The van der Waals surface area contributed by atoms with Crippen LogP contribution in [0.25, 0.3) is 0 Å². The predicted octanol–water partition coefficient (Wildman–Crippen LogP) is 2.21. The van der Waals surface area contributed by atoms with Gasteiger partial charge in [0, 0.05) is 19.4 Å². The number of hydrogen-bond donors (Lipinski definition) is 2. The van der Waals surface area contributed by atoms with Crippen molar-refractivity contribution in [3.05, 3.63) is 40.4 Å². The molecule has 0 spiro atoms. The highest BCUT2D eigenvalue weighted by Crippen LogP contribution is 2.15. The molecule has 0 saturated carbocycles. The molecule has 1 saturated heterocycles. The van der Waals surface area contributed by atoms with Crippen molar-refractivity contribution in [2.24, 2.45) is 5.92 Å². The molecule has 2 N–H and O–H groups in total. The van der Waals surface area contributed by atoms with Gasteiger partial charge in [-0.2, -0.15) is 4.68 Å².